The van der Waals surface area contributed by atoms with Crippen LogP contribution in [0.5, 0.6) is 0 Å². The quantitative estimate of drug-likeness (QED) is 0.679. The molecule has 1 rings (SSSR count). The van der Waals surface area contributed by atoms with E-state index >= 15 is 0 Å². The summed E-state index contributed by atoms with van der Waals surface area (Å²) in [5, 5.41) is 6.22. The van der Waals surface area contributed by atoms with E-state index in [1.165, 1.54) is 0 Å². The molecule has 0 aromatic carbocycles. The molecule has 0 aromatic rings. The summed E-state index contributed by atoms with van der Waals surface area (Å²) in [7, 11) is 0. The number of hydrogen-bond acceptors (Lipinski definition) is 3. The van der Waals surface area contributed by atoms with Gasteiger partial charge in [0.25, 0.3) is 0 Å². The Labute approximate surface area is 110 Å². The fourth-order valence-corrected chi connectivity index (χ4v) is 2.36. The van der Waals surface area contributed by atoms with E-state index in [9.17, 15) is 4.79 Å². The van der Waals surface area contributed by atoms with Crippen LogP contribution < -0.4 is 10.6 Å². The summed E-state index contributed by atoms with van der Waals surface area (Å²) in [6.45, 7) is 9.04. The Hall–Kier alpha value is -0.870. The van der Waals surface area contributed by atoms with E-state index in [1.54, 1.807) is 6.08 Å². The molecule has 1 saturated carbocycles. The largest absolute Gasteiger partial charge is 0.365 e. The summed E-state index contributed by atoms with van der Waals surface area (Å²) >= 11 is 0. The molecule has 104 valence electrons. The first-order valence-corrected chi connectivity index (χ1v) is 6.94. The second-order valence-corrected chi connectivity index (χ2v) is 4.84. The third kappa shape index (κ3) is 5.19. The molecule has 1 unspecified atom stereocenters. The molecule has 4 heteroatoms. The van der Waals surface area contributed by atoms with Gasteiger partial charge in [0.1, 0.15) is 6.10 Å². The van der Waals surface area contributed by atoms with E-state index in [4.69, 9.17) is 4.74 Å². The molecule has 2 N–H and O–H groups in total. The van der Waals surface area contributed by atoms with E-state index in [2.05, 4.69) is 24.1 Å². The van der Waals surface area contributed by atoms with Crippen molar-refractivity contribution in [3.05, 3.63) is 12.7 Å². The van der Waals surface area contributed by atoms with E-state index in [1.807, 2.05) is 6.92 Å². The van der Waals surface area contributed by atoms with Crippen molar-refractivity contribution in [2.24, 2.45) is 0 Å². The van der Waals surface area contributed by atoms with Crippen molar-refractivity contribution in [1.29, 1.82) is 0 Å². The molecule has 0 spiro atoms. The number of hydrogen-bond donors (Lipinski definition) is 2. The van der Waals surface area contributed by atoms with Gasteiger partial charge < -0.3 is 15.4 Å². The predicted molar refractivity (Wildman–Crippen MR) is 73.5 cm³/mol. The fourth-order valence-electron chi connectivity index (χ4n) is 2.36. The highest BCUT2D eigenvalue weighted by atomic mass is 16.5. The first-order chi connectivity index (χ1) is 8.67. The van der Waals surface area contributed by atoms with Gasteiger partial charge in [0.2, 0.25) is 5.91 Å². The van der Waals surface area contributed by atoms with E-state index in [0.29, 0.717) is 12.6 Å². The molecule has 0 aliphatic heterocycles. The maximum absolute atomic E-state index is 11.6. The van der Waals surface area contributed by atoms with Crippen LogP contribution in [0.3, 0.4) is 0 Å². The zero-order valence-corrected chi connectivity index (χ0v) is 11.6. The lowest BCUT2D eigenvalue weighted by Crippen LogP contribution is -2.40. The molecule has 1 aliphatic rings. The third-order valence-corrected chi connectivity index (χ3v) is 3.35. The molecule has 1 amide bonds. The Morgan fingerprint density at radius 1 is 1.44 bits per heavy atom. The van der Waals surface area contributed by atoms with Gasteiger partial charge in [-0.3, -0.25) is 4.79 Å². The SMILES string of the molecule is C=CCNC(=O)C(C)OC1CCC(NCC)CC1. The summed E-state index contributed by atoms with van der Waals surface area (Å²) in [6, 6.07) is 0.625. The molecule has 1 aliphatic carbocycles. The van der Waals surface area contributed by atoms with Crippen molar-refractivity contribution in [1.82, 2.24) is 10.6 Å². The highest BCUT2D eigenvalue weighted by molar-refractivity contribution is 5.80. The van der Waals surface area contributed by atoms with Gasteiger partial charge in [0.05, 0.1) is 6.10 Å². The van der Waals surface area contributed by atoms with Gasteiger partial charge in [-0.15, -0.1) is 6.58 Å². The summed E-state index contributed by atoms with van der Waals surface area (Å²) < 4.78 is 5.80. The first kappa shape index (κ1) is 15.2. The van der Waals surface area contributed by atoms with Crippen LogP contribution in [0.15, 0.2) is 12.7 Å². The van der Waals surface area contributed by atoms with Gasteiger partial charge in [0, 0.05) is 12.6 Å². The molecule has 0 aromatic heterocycles. The van der Waals surface area contributed by atoms with Crippen LogP contribution in [-0.2, 0) is 9.53 Å². The lowest BCUT2D eigenvalue weighted by molar-refractivity contribution is -0.136. The number of ether oxygens (including phenoxy) is 1. The van der Waals surface area contributed by atoms with Gasteiger partial charge in [-0.25, -0.2) is 0 Å². The highest BCUT2D eigenvalue weighted by Crippen LogP contribution is 2.22. The van der Waals surface area contributed by atoms with E-state index in [-0.39, 0.29) is 18.1 Å². The summed E-state index contributed by atoms with van der Waals surface area (Å²) in [5.74, 6) is -0.0521. The van der Waals surface area contributed by atoms with Crippen molar-refractivity contribution in [3.8, 4) is 0 Å². The van der Waals surface area contributed by atoms with Crippen LogP contribution in [0.25, 0.3) is 0 Å². The van der Waals surface area contributed by atoms with Crippen LogP contribution in [0, 0.1) is 0 Å². The molecule has 18 heavy (non-hydrogen) atoms. The Balaban J connectivity index is 2.23. The van der Waals surface area contributed by atoms with Crippen molar-refractivity contribution >= 4 is 5.91 Å². The molecule has 0 heterocycles. The lowest BCUT2D eigenvalue weighted by atomic mass is 9.93. The monoisotopic (exact) mass is 254 g/mol. The number of amides is 1. The molecule has 0 bridgehead atoms. The van der Waals surface area contributed by atoms with Crippen LogP contribution in [0.1, 0.15) is 39.5 Å². The van der Waals surface area contributed by atoms with Crippen LogP contribution >= 0.6 is 0 Å². The maximum Gasteiger partial charge on any atom is 0.249 e. The van der Waals surface area contributed by atoms with Gasteiger partial charge >= 0.3 is 0 Å². The number of carbonyl (C=O) groups excluding carboxylic acids is 1. The highest BCUT2D eigenvalue weighted by Gasteiger charge is 2.24. The Kier molecular flexibility index (Phi) is 6.98. The summed E-state index contributed by atoms with van der Waals surface area (Å²) in [6.07, 6.45) is 5.88. The zero-order chi connectivity index (χ0) is 13.4. The van der Waals surface area contributed by atoms with Crippen LogP contribution in [0.2, 0.25) is 0 Å². The van der Waals surface area contributed by atoms with E-state index in [0.717, 1.165) is 32.2 Å². The minimum Gasteiger partial charge on any atom is -0.365 e. The smallest absolute Gasteiger partial charge is 0.249 e. The predicted octanol–water partition coefficient (Wildman–Crippen LogP) is 1.61. The van der Waals surface area contributed by atoms with E-state index < -0.39 is 0 Å². The first-order valence-electron chi connectivity index (χ1n) is 6.94. The summed E-state index contributed by atoms with van der Waals surface area (Å²) in [4.78, 5) is 11.6. The average Bonchev–Trinajstić information content (AvgIpc) is 2.38. The van der Waals surface area contributed by atoms with Crippen molar-refractivity contribution in [3.63, 3.8) is 0 Å². The van der Waals surface area contributed by atoms with Crippen molar-refractivity contribution in [2.45, 2.75) is 57.8 Å². The Morgan fingerprint density at radius 3 is 2.67 bits per heavy atom. The van der Waals surface area contributed by atoms with Gasteiger partial charge in [0.15, 0.2) is 0 Å². The topological polar surface area (TPSA) is 50.4 Å². The fraction of sp³-hybridized carbons (Fsp3) is 0.786. The molecular weight excluding hydrogens is 228 g/mol. The van der Waals surface area contributed by atoms with Crippen LogP contribution in [0.4, 0.5) is 0 Å². The van der Waals surface area contributed by atoms with Gasteiger partial charge in [-0.05, 0) is 39.2 Å². The maximum atomic E-state index is 11.6. The van der Waals surface area contributed by atoms with Crippen molar-refractivity contribution < 1.29 is 9.53 Å². The number of rotatable bonds is 7. The normalized spacial score (nSPS) is 25.4. The van der Waals surface area contributed by atoms with Crippen molar-refractivity contribution in [2.75, 3.05) is 13.1 Å². The standard InChI is InChI=1S/C14H26N2O2/c1-4-10-16-14(17)11(3)18-13-8-6-12(7-9-13)15-5-2/h4,11-13,15H,1,5-10H2,2-3H3,(H,16,17). The molecular formula is C14H26N2O2. The Morgan fingerprint density at radius 2 is 2.11 bits per heavy atom. The molecule has 0 saturated heterocycles. The average molecular weight is 254 g/mol. The zero-order valence-electron chi connectivity index (χ0n) is 11.6. The van der Waals surface area contributed by atoms with Gasteiger partial charge in [-0.2, -0.15) is 0 Å². The number of nitrogens with one attached hydrogen (secondary N) is 2. The van der Waals surface area contributed by atoms with Gasteiger partial charge in [-0.1, -0.05) is 13.0 Å². The Bertz CT molecular complexity index is 261. The summed E-state index contributed by atoms with van der Waals surface area (Å²) in [5.41, 5.74) is 0. The molecule has 1 fully saturated rings. The minimum atomic E-state index is -0.370. The molecule has 0 radical (unpaired) electrons. The lowest BCUT2D eigenvalue weighted by Gasteiger charge is -2.30. The second kappa shape index (κ2) is 8.27. The molecule has 4 nitrogen and oxygen atoms in total. The second-order valence-electron chi connectivity index (χ2n) is 4.84. The number of carbonyl (C=O) groups is 1. The molecule has 1 atom stereocenters. The van der Waals surface area contributed by atoms with Crippen LogP contribution in [-0.4, -0.2) is 37.2 Å². The third-order valence-electron chi connectivity index (χ3n) is 3.35. The minimum absolute atomic E-state index is 0.0521.